The van der Waals surface area contributed by atoms with Gasteiger partial charge in [-0.05, 0) is 62.2 Å². The number of para-hydroxylation sites is 1. The summed E-state index contributed by atoms with van der Waals surface area (Å²) in [6.07, 6.45) is 3.45. The van der Waals surface area contributed by atoms with E-state index in [1.165, 1.54) is 18.4 Å². The van der Waals surface area contributed by atoms with Crippen molar-refractivity contribution in [2.75, 3.05) is 13.1 Å². The van der Waals surface area contributed by atoms with Crippen LogP contribution in [0.1, 0.15) is 30.1 Å². The topological polar surface area (TPSA) is 78.6 Å². The summed E-state index contributed by atoms with van der Waals surface area (Å²) < 4.78 is 23.9. The first-order chi connectivity index (χ1) is 13.0. The third-order valence-corrected chi connectivity index (χ3v) is 5.44. The molecule has 3 unspecified atom stereocenters. The first-order valence-corrected chi connectivity index (χ1v) is 10.6. The Balaban J connectivity index is 0.000000481. The number of benzene rings is 2. The van der Waals surface area contributed by atoms with E-state index in [-0.39, 0.29) is 6.10 Å². The van der Waals surface area contributed by atoms with Crippen LogP contribution in [0.15, 0.2) is 42.5 Å². The lowest BCUT2D eigenvalue weighted by molar-refractivity contribution is 0.0941. The molecule has 0 saturated carbocycles. The number of nitrogens with two attached hydrogens (primary N) is 1. The summed E-state index contributed by atoms with van der Waals surface area (Å²) in [6.45, 7) is 2.28. The van der Waals surface area contributed by atoms with Gasteiger partial charge in [-0.2, -0.15) is 0 Å². The number of hydrogen-bond donors (Lipinski definition) is 1. The highest BCUT2D eigenvalue weighted by molar-refractivity contribution is 7.76. The summed E-state index contributed by atoms with van der Waals surface area (Å²) in [5.41, 5.74) is 2.33. The van der Waals surface area contributed by atoms with Gasteiger partial charge in [-0.3, -0.25) is 14.2 Å². The predicted molar refractivity (Wildman–Crippen MR) is 108 cm³/mol. The first kappa shape index (κ1) is 20.6. The molecule has 0 aromatic heterocycles. The Kier molecular flexibility index (Phi) is 7.14. The molecule has 2 aromatic carbocycles. The molecule has 0 bridgehead atoms. The molecule has 5 nitrogen and oxygen atoms in total. The molecule has 2 aliphatic rings. The van der Waals surface area contributed by atoms with E-state index in [0.717, 1.165) is 35.8 Å². The normalized spacial score (nSPS) is 22.7. The van der Waals surface area contributed by atoms with Crippen molar-refractivity contribution in [2.45, 2.75) is 31.4 Å². The van der Waals surface area contributed by atoms with Crippen molar-refractivity contribution in [3.63, 3.8) is 0 Å². The predicted octanol–water partition coefficient (Wildman–Crippen LogP) is 3.87. The highest BCUT2D eigenvalue weighted by Crippen LogP contribution is 2.43. The Morgan fingerprint density at radius 1 is 1.15 bits per heavy atom. The molecule has 2 aromatic rings. The number of likely N-dealkylation sites (tertiary alicyclic amines) is 1. The van der Waals surface area contributed by atoms with Crippen LogP contribution in [0.5, 0.6) is 5.75 Å². The van der Waals surface area contributed by atoms with Crippen LogP contribution in [0.25, 0.3) is 0 Å². The molecule has 1 aliphatic heterocycles. The van der Waals surface area contributed by atoms with Gasteiger partial charge in [-0.25, -0.2) is 0 Å². The van der Waals surface area contributed by atoms with Crippen molar-refractivity contribution in [3.05, 3.63) is 63.6 Å². The van der Waals surface area contributed by atoms with Crippen molar-refractivity contribution in [1.82, 2.24) is 4.90 Å². The van der Waals surface area contributed by atoms with Gasteiger partial charge >= 0.3 is 0 Å². The van der Waals surface area contributed by atoms with E-state index in [0.29, 0.717) is 11.1 Å². The summed E-state index contributed by atoms with van der Waals surface area (Å²) in [5, 5.41) is 5.47. The van der Waals surface area contributed by atoms with Gasteiger partial charge in [0.05, 0.1) is 6.04 Å². The van der Waals surface area contributed by atoms with E-state index in [1.807, 2.05) is 42.5 Å². The second-order valence-corrected chi connectivity index (χ2v) is 7.95. The molecule has 0 radical (unpaired) electrons. The van der Waals surface area contributed by atoms with Crippen LogP contribution < -0.4 is 9.88 Å². The Morgan fingerprint density at radius 2 is 1.78 bits per heavy atom. The van der Waals surface area contributed by atoms with E-state index < -0.39 is 11.3 Å². The minimum atomic E-state index is -2.36. The minimum absolute atomic E-state index is 0.0123. The Morgan fingerprint density at radius 3 is 2.41 bits per heavy atom. The molecule has 1 saturated heterocycles. The molecule has 0 amide bonds. The standard InChI is InChI=1S/C19H19Cl2NO.H3NO2S/c20-13-10-16-15(17(21)11-13)12-18(22-8-4-5-9-22)19(16)23-14-6-2-1-3-7-14;1-4(2)3/h1-3,6-7,10-11,18-19H,4-5,8-9,12H2;1H2,(H,2,3)/p-1. The third-order valence-electron chi connectivity index (χ3n) is 4.88. The van der Waals surface area contributed by atoms with Crippen LogP contribution in [0.2, 0.25) is 10.0 Å². The summed E-state index contributed by atoms with van der Waals surface area (Å²) in [4.78, 5) is 2.54. The zero-order valence-electron chi connectivity index (χ0n) is 14.6. The average Bonchev–Trinajstić information content (AvgIpc) is 3.24. The summed E-state index contributed by atoms with van der Waals surface area (Å²) >= 11 is 10.3. The second kappa shape index (κ2) is 9.37. The largest absolute Gasteiger partial charge is 0.760 e. The molecular formula is C19H21Cl2N2O3S-. The van der Waals surface area contributed by atoms with Crippen LogP contribution >= 0.6 is 23.2 Å². The van der Waals surface area contributed by atoms with Gasteiger partial charge in [-0.15, -0.1) is 0 Å². The average molecular weight is 428 g/mol. The molecule has 1 fully saturated rings. The van der Waals surface area contributed by atoms with Gasteiger partial charge in [0.2, 0.25) is 0 Å². The van der Waals surface area contributed by atoms with Gasteiger partial charge in [0.1, 0.15) is 11.9 Å². The molecule has 1 heterocycles. The molecule has 27 heavy (non-hydrogen) atoms. The summed E-state index contributed by atoms with van der Waals surface area (Å²) in [6, 6.07) is 14.2. The van der Waals surface area contributed by atoms with Crippen LogP contribution in [-0.4, -0.2) is 32.8 Å². The second-order valence-electron chi connectivity index (χ2n) is 6.58. The number of ether oxygens (including phenoxy) is 1. The van der Waals surface area contributed by atoms with Crippen molar-refractivity contribution in [2.24, 2.45) is 5.14 Å². The monoisotopic (exact) mass is 427 g/mol. The maximum Gasteiger partial charge on any atom is 0.140 e. The molecule has 146 valence electrons. The lowest BCUT2D eigenvalue weighted by Crippen LogP contribution is -2.38. The van der Waals surface area contributed by atoms with Crippen molar-refractivity contribution in [3.8, 4) is 5.75 Å². The Hall–Kier alpha value is -1.15. The number of rotatable bonds is 3. The van der Waals surface area contributed by atoms with Crippen LogP contribution in [-0.2, 0) is 17.7 Å². The summed E-state index contributed by atoms with van der Waals surface area (Å²) in [5.74, 6) is 0.894. The molecular weight excluding hydrogens is 407 g/mol. The highest BCUT2D eigenvalue weighted by Gasteiger charge is 2.40. The minimum Gasteiger partial charge on any atom is -0.760 e. The van der Waals surface area contributed by atoms with Crippen molar-refractivity contribution >= 4 is 34.5 Å². The fourth-order valence-electron chi connectivity index (χ4n) is 3.80. The molecule has 2 N–H and O–H groups in total. The van der Waals surface area contributed by atoms with Gasteiger partial charge < -0.3 is 9.29 Å². The van der Waals surface area contributed by atoms with Crippen LogP contribution in [0.3, 0.4) is 0 Å². The van der Waals surface area contributed by atoms with E-state index in [1.54, 1.807) is 0 Å². The SMILES string of the molecule is Clc1cc(Cl)c2c(c1)C(Oc1ccccc1)C(N1CCCC1)C2.NS(=O)[O-]. The van der Waals surface area contributed by atoms with E-state index in [4.69, 9.17) is 36.7 Å². The maximum atomic E-state index is 8.78. The fraction of sp³-hybridized carbons (Fsp3) is 0.368. The first-order valence-electron chi connectivity index (χ1n) is 8.73. The third kappa shape index (κ3) is 5.22. The maximum absolute atomic E-state index is 8.78. The fourth-order valence-corrected chi connectivity index (χ4v) is 4.38. The van der Waals surface area contributed by atoms with Crippen molar-refractivity contribution < 1.29 is 13.5 Å². The Bertz CT molecular complexity index is 797. The molecule has 0 spiro atoms. The zero-order chi connectivity index (χ0) is 19.4. The quantitative estimate of drug-likeness (QED) is 0.753. The van der Waals surface area contributed by atoms with Crippen LogP contribution in [0.4, 0.5) is 0 Å². The molecule has 8 heteroatoms. The highest BCUT2D eigenvalue weighted by atomic mass is 35.5. The zero-order valence-corrected chi connectivity index (χ0v) is 17.0. The van der Waals surface area contributed by atoms with Crippen LogP contribution in [0, 0.1) is 0 Å². The lowest BCUT2D eigenvalue weighted by Gasteiger charge is -2.30. The summed E-state index contributed by atoms with van der Waals surface area (Å²) in [7, 11) is 0. The number of nitrogens with zero attached hydrogens (tertiary/aromatic N) is 1. The van der Waals surface area contributed by atoms with Gasteiger partial charge in [0.25, 0.3) is 0 Å². The van der Waals surface area contributed by atoms with Gasteiger partial charge in [0.15, 0.2) is 0 Å². The smallest absolute Gasteiger partial charge is 0.140 e. The van der Waals surface area contributed by atoms with E-state index in [9.17, 15) is 0 Å². The van der Waals surface area contributed by atoms with Crippen molar-refractivity contribution in [1.29, 1.82) is 0 Å². The molecule has 3 atom stereocenters. The molecule has 1 aliphatic carbocycles. The molecule has 4 rings (SSSR count). The Labute approximate surface area is 171 Å². The van der Waals surface area contributed by atoms with Gasteiger partial charge in [0, 0.05) is 26.9 Å². The number of fused-ring (bicyclic) bond motifs is 1. The van der Waals surface area contributed by atoms with Gasteiger partial charge in [-0.1, -0.05) is 41.4 Å². The number of halogens is 2. The van der Waals surface area contributed by atoms with E-state index >= 15 is 0 Å². The lowest BCUT2D eigenvalue weighted by atomic mass is 10.1. The van der Waals surface area contributed by atoms with E-state index in [2.05, 4.69) is 10.0 Å². The number of hydrogen-bond acceptors (Lipinski definition) is 4.